The lowest BCUT2D eigenvalue weighted by Crippen LogP contribution is -2.07. The van der Waals surface area contributed by atoms with Gasteiger partial charge in [-0.05, 0) is 72.8 Å². The Balaban J connectivity index is 1.09. The molecular formula is C28H16N4O6. The number of benzene rings is 4. The molecule has 4 N–H and O–H groups in total. The summed E-state index contributed by atoms with van der Waals surface area (Å²) in [5, 5.41) is 13.3. The fourth-order valence-corrected chi connectivity index (χ4v) is 4.62. The molecule has 0 bridgehead atoms. The molecule has 0 unspecified atom stereocenters. The fourth-order valence-electron chi connectivity index (χ4n) is 4.62. The zero-order valence-corrected chi connectivity index (χ0v) is 19.4. The van der Waals surface area contributed by atoms with E-state index in [0.717, 1.165) is 34.1 Å². The summed E-state index contributed by atoms with van der Waals surface area (Å²) in [6.45, 7) is 0. The van der Waals surface area contributed by atoms with Crippen LogP contribution in [0, 0.1) is 0 Å². The van der Waals surface area contributed by atoms with Gasteiger partial charge in [0.1, 0.15) is 0 Å². The van der Waals surface area contributed by atoms with E-state index in [4.69, 9.17) is 0 Å². The molecule has 38 heavy (non-hydrogen) atoms. The van der Waals surface area contributed by atoms with Gasteiger partial charge in [-0.2, -0.15) is 0 Å². The molecule has 0 aromatic heterocycles. The quantitative estimate of drug-likeness (QED) is 0.181. The van der Waals surface area contributed by atoms with Gasteiger partial charge in [0, 0.05) is 22.7 Å². The van der Waals surface area contributed by atoms with Crippen molar-refractivity contribution < 1.29 is 28.7 Å². The molecule has 0 aliphatic carbocycles. The molecular weight excluding hydrogens is 488 g/mol. The molecule has 3 aliphatic heterocycles. The summed E-state index contributed by atoms with van der Waals surface area (Å²) in [7, 11) is 0. The standard InChI is InChI=1S/C28H16N4O6/c33-25-17-5-1-13(9-19(17)27(35)37-25)29-15-3-7-21-23(11-15)31-22-8-4-16(12-24(22)32-21)30-14-2-6-18-20(10-14)28(36)38-26(18)34/h1-12,29-32H. The first-order valence-electron chi connectivity index (χ1n) is 11.6. The number of hydrogen-bond acceptors (Lipinski definition) is 10. The van der Waals surface area contributed by atoms with Crippen LogP contribution in [0.1, 0.15) is 41.4 Å². The van der Waals surface area contributed by atoms with Gasteiger partial charge in [0.25, 0.3) is 0 Å². The number of anilines is 8. The van der Waals surface area contributed by atoms with Crippen LogP contribution < -0.4 is 21.3 Å². The maximum Gasteiger partial charge on any atom is 0.346 e. The predicted octanol–water partition coefficient (Wildman–Crippen LogP) is 5.60. The van der Waals surface area contributed by atoms with Crippen molar-refractivity contribution in [2.75, 3.05) is 21.3 Å². The number of fused-ring (bicyclic) bond motifs is 4. The van der Waals surface area contributed by atoms with Gasteiger partial charge in [-0.25, -0.2) is 19.2 Å². The largest absolute Gasteiger partial charge is 0.386 e. The van der Waals surface area contributed by atoms with Gasteiger partial charge in [0.2, 0.25) is 0 Å². The normalized spacial score (nSPS) is 14.3. The Morgan fingerprint density at radius 2 is 0.789 bits per heavy atom. The summed E-state index contributed by atoms with van der Waals surface area (Å²) in [6.07, 6.45) is 0. The third-order valence-electron chi connectivity index (χ3n) is 6.44. The first-order valence-corrected chi connectivity index (χ1v) is 11.6. The van der Waals surface area contributed by atoms with E-state index >= 15 is 0 Å². The number of nitrogens with one attached hydrogen (secondary N) is 4. The average Bonchev–Trinajstić information content (AvgIpc) is 3.35. The molecule has 10 nitrogen and oxygen atoms in total. The highest BCUT2D eigenvalue weighted by Crippen LogP contribution is 2.41. The molecule has 4 aromatic carbocycles. The number of rotatable bonds is 4. The third-order valence-corrected chi connectivity index (χ3v) is 6.44. The van der Waals surface area contributed by atoms with Crippen molar-refractivity contribution in [2.24, 2.45) is 0 Å². The summed E-state index contributed by atoms with van der Waals surface area (Å²) >= 11 is 0. The lowest BCUT2D eigenvalue weighted by Gasteiger charge is -2.24. The minimum atomic E-state index is -0.649. The smallest absolute Gasteiger partial charge is 0.346 e. The SMILES string of the molecule is O=C1OC(=O)c2cc(Nc3ccc4c(c3)Nc3ccc(Nc5ccc6c(c5)C(=O)OC6=O)cc3N4)ccc21. The second-order valence-electron chi connectivity index (χ2n) is 8.90. The van der Waals surface area contributed by atoms with Crippen LogP contribution in [0.4, 0.5) is 45.5 Å². The molecule has 3 aliphatic rings. The van der Waals surface area contributed by atoms with Gasteiger partial charge in [-0.1, -0.05) is 0 Å². The summed E-state index contributed by atoms with van der Waals surface area (Å²) in [5.41, 5.74) is 7.29. The molecule has 0 amide bonds. The highest BCUT2D eigenvalue weighted by Gasteiger charge is 2.30. The van der Waals surface area contributed by atoms with E-state index in [0.29, 0.717) is 11.4 Å². The molecule has 0 saturated heterocycles. The number of carbonyl (C=O) groups is 4. The maximum atomic E-state index is 11.9. The van der Waals surface area contributed by atoms with Gasteiger partial charge < -0.3 is 30.7 Å². The third kappa shape index (κ3) is 3.51. The van der Waals surface area contributed by atoms with Crippen molar-refractivity contribution >= 4 is 69.4 Å². The summed E-state index contributed by atoms with van der Waals surface area (Å²) < 4.78 is 9.31. The molecule has 3 heterocycles. The first kappa shape index (κ1) is 21.6. The Kier molecular flexibility index (Phi) is 4.52. The van der Waals surface area contributed by atoms with Gasteiger partial charge in [-0.3, -0.25) is 0 Å². The lowest BCUT2D eigenvalue weighted by molar-refractivity contribution is 0.0425. The Labute approximate surface area is 214 Å². The zero-order valence-electron chi connectivity index (χ0n) is 19.4. The van der Waals surface area contributed by atoms with Crippen molar-refractivity contribution in [1.82, 2.24) is 0 Å². The van der Waals surface area contributed by atoms with Gasteiger partial charge in [0.15, 0.2) is 0 Å². The Bertz CT molecular complexity index is 1630. The topological polar surface area (TPSA) is 135 Å². The number of carbonyl (C=O) groups excluding carboxylic acids is 4. The van der Waals surface area contributed by atoms with Gasteiger partial charge in [-0.15, -0.1) is 0 Å². The predicted molar refractivity (Wildman–Crippen MR) is 138 cm³/mol. The summed E-state index contributed by atoms with van der Waals surface area (Å²) in [4.78, 5) is 47.1. The van der Waals surface area contributed by atoms with E-state index in [1.165, 1.54) is 0 Å². The maximum absolute atomic E-state index is 11.9. The fraction of sp³-hybridized carbons (Fsp3) is 0. The van der Waals surface area contributed by atoms with Crippen molar-refractivity contribution in [3.05, 3.63) is 95.1 Å². The van der Waals surface area contributed by atoms with E-state index in [-0.39, 0.29) is 22.3 Å². The minimum absolute atomic E-state index is 0.240. The molecule has 0 saturated carbocycles. The van der Waals surface area contributed by atoms with E-state index < -0.39 is 23.9 Å². The second-order valence-corrected chi connectivity index (χ2v) is 8.90. The Morgan fingerprint density at radius 1 is 0.421 bits per heavy atom. The van der Waals surface area contributed by atoms with Gasteiger partial charge in [0.05, 0.1) is 45.0 Å². The van der Waals surface area contributed by atoms with Crippen LogP contribution in [-0.2, 0) is 9.47 Å². The minimum Gasteiger partial charge on any atom is -0.386 e. The van der Waals surface area contributed by atoms with E-state index in [1.807, 2.05) is 36.4 Å². The number of cyclic esters (lactones) is 4. The first-order chi connectivity index (χ1) is 18.4. The number of ether oxygens (including phenoxy) is 2. The summed E-state index contributed by atoms with van der Waals surface area (Å²) in [5.74, 6) is -2.56. The molecule has 0 spiro atoms. The van der Waals surface area contributed by atoms with Crippen LogP contribution in [0.3, 0.4) is 0 Å². The average molecular weight is 504 g/mol. The Hall–Kier alpha value is -5.64. The molecule has 10 heteroatoms. The zero-order chi connectivity index (χ0) is 26.0. The van der Waals surface area contributed by atoms with Crippen molar-refractivity contribution in [1.29, 1.82) is 0 Å². The molecule has 184 valence electrons. The van der Waals surface area contributed by atoms with Crippen LogP contribution in [0.15, 0.2) is 72.8 Å². The van der Waals surface area contributed by atoms with Crippen molar-refractivity contribution in [3.8, 4) is 0 Å². The Morgan fingerprint density at radius 3 is 1.24 bits per heavy atom. The van der Waals surface area contributed by atoms with Crippen molar-refractivity contribution in [2.45, 2.75) is 0 Å². The molecule has 0 radical (unpaired) electrons. The highest BCUT2D eigenvalue weighted by molar-refractivity contribution is 6.16. The lowest BCUT2D eigenvalue weighted by atomic mass is 10.1. The van der Waals surface area contributed by atoms with Crippen LogP contribution in [0.25, 0.3) is 0 Å². The van der Waals surface area contributed by atoms with Gasteiger partial charge >= 0.3 is 23.9 Å². The van der Waals surface area contributed by atoms with Crippen LogP contribution >= 0.6 is 0 Å². The monoisotopic (exact) mass is 504 g/mol. The highest BCUT2D eigenvalue weighted by atomic mass is 16.6. The number of hydrogen-bond donors (Lipinski definition) is 4. The number of esters is 4. The molecule has 4 aromatic rings. The second kappa shape index (κ2) is 7.93. The molecule has 0 fully saturated rings. The van der Waals surface area contributed by atoms with E-state index in [2.05, 4.69) is 30.7 Å². The summed E-state index contributed by atoms with van der Waals surface area (Å²) in [6, 6.07) is 21.2. The van der Waals surface area contributed by atoms with Crippen molar-refractivity contribution in [3.63, 3.8) is 0 Å². The van der Waals surface area contributed by atoms with Crippen LogP contribution in [-0.4, -0.2) is 23.9 Å². The molecule has 0 atom stereocenters. The van der Waals surface area contributed by atoms with Crippen LogP contribution in [0.5, 0.6) is 0 Å². The van der Waals surface area contributed by atoms with Crippen LogP contribution in [0.2, 0.25) is 0 Å². The van der Waals surface area contributed by atoms with E-state index in [9.17, 15) is 19.2 Å². The van der Waals surface area contributed by atoms with E-state index in [1.54, 1.807) is 36.4 Å². The molecule has 7 rings (SSSR count).